The van der Waals surface area contributed by atoms with Crippen molar-refractivity contribution in [2.45, 2.75) is 31.5 Å². The van der Waals surface area contributed by atoms with Crippen LogP contribution < -0.4 is 14.2 Å². The van der Waals surface area contributed by atoms with Crippen molar-refractivity contribution < 1.29 is 55.2 Å². The van der Waals surface area contributed by atoms with Gasteiger partial charge in [-0.25, -0.2) is 4.79 Å². The summed E-state index contributed by atoms with van der Waals surface area (Å²) >= 11 is 1.51. The van der Waals surface area contributed by atoms with Crippen molar-refractivity contribution in [3.05, 3.63) is 138 Å². The number of hydrogen-bond donors (Lipinski definition) is 1. The Morgan fingerprint density at radius 2 is 1.09 bits per heavy atom. The van der Waals surface area contributed by atoms with E-state index >= 15 is 0 Å². The monoisotopic (exact) mass is 754 g/mol. The van der Waals surface area contributed by atoms with Crippen molar-refractivity contribution in [3.8, 4) is 39.5 Å². The third-order valence-corrected chi connectivity index (χ3v) is 8.65. The minimum Gasteiger partial charge on any atom is -0.497 e. The number of halogens is 6. The van der Waals surface area contributed by atoms with Gasteiger partial charge in [0.15, 0.2) is 6.61 Å². The second kappa shape index (κ2) is 16.8. The van der Waals surface area contributed by atoms with Gasteiger partial charge in [0.2, 0.25) is 0 Å². The second-order valence-electron chi connectivity index (χ2n) is 11.4. The van der Waals surface area contributed by atoms with E-state index in [1.54, 1.807) is 6.07 Å². The fourth-order valence-electron chi connectivity index (χ4n) is 5.37. The Balaban J connectivity index is 1.48. The number of aliphatic carboxylic acids is 1. The number of aryl methyl sites for hydroxylation is 1. The van der Waals surface area contributed by atoms with Crippen molar-refractivity contribution >= 4 is 23.3 Å². The molecular formula is C40H32F6O6S. The molecule has 0 aromatic heterocycles. The van der Waals surface area contributed by atoms with E-state index < -0.39 is 25.3 Å². The standard InChI is InChI=1S/C40H32F6O6S/c1-3-49-36(24-53-34-20-21-35(25(2)22-34)50-23-37(47)48)38(30-8-4-26(5-9-30)28-12-16-32(17-13-28)51-39(41,42)43)31-10-6-27(7-11-31)29-14-18-33(19-15-29)52-40(44,45)46/h4-22H,3,23-24H2,1-2H3,(H,47,48). The largest absolute Gasteiger partial charge is 0.573 e. The number of carboxylic acids is 1. The lowest BCUT2D eigenvalue weighted by molar-refractivity contribution is -0.275. The molecule has 5 rings (SSSR count). The Labute approximate surface area is 305 Å². The molecule has 53 heavy (non-hydrogen) atoms. The summed E-state index contributed by atoms with van der Waals surface area (Å²) in [6.45, 7) is 3.59. The molecule has 5 aromatic rings. The highest BCUT2D eigenvalue weighted by molar-refractivity contribution is 7.99. The Hall–Kier alpha value is -5.56. The Kier molecular flexibility index (Phi) is 12.3. The third kappa shape index (κ3) is 11.2. The summed E-state index contributed by atoms with van der Waals surface area (Å²) < 4.78 is 95.5. The van der Waals surface area contributed by atoms with Crippen LogP contribution in [0.25, 0.3) is 27.8 Å². The lowest BCUT2D eigenvalue weighted by Crippen LogP contribution is -2.16. The van der Waals surface area contributed by atoms with Gasteiger partial charge in [-0.2, -0.15) is 0 Å². The van der Waals surface area contributed by atoms with Gasteiger partial charge < -0.3 is 24.1 Å². The zero-order valence-corrected chi connectivity index (χ0v) is 29.1. The van der Waals surface area contributed by atoms with Crippen LogP contribution in [0.1, 0.15) is 23.6 Å². The molecule has 276 valence electrons. The number of hydrogen-bond acceptors (Lipinski definition) is 6. The van der Waals surface area contributed by atoms with E-state index in [2.05, 4.69) is 9.47 Å². The zero-order valence-electron chi connectivity index (χ0n) is 28.3. The molecule has 0 saturated heterocycles. The first-order valence-electron chi connectivity index (χ1n) is 16.0. The summed E-state index contributed by atoms with van der Waals surface area (Å²) in [5.74, 6) is -0.206. The van der Waals surface area contributed by atoms with E-state index in [1.807, 2.05) is 74.5 Å². The quantitative estimate of drug-likeness (QED) is 0.0687. The summed E-state index contributed by atoms with van der Waals surface area (Å²) in [6.07, 6.45) is -9.59. The van der Waals surface area contributed by atoms with Gasteiger partial charge in [0.05, 0.1) is 12.4 Å². The molecule has 5 aromatic carbocycles. The molecule has 0 aliphatic rings. The molecule has 0 saturated carbocycles. The summed E-state index contributed by atoms with van der Waals surface area (Å²) in [7, 11) is 0. The average molecular weight is 755 g/mol. The van der Waals surface area contributed by atoms with E-state index in [0.29, 0.717) is 35.0 Å². The number of rotatable bonds is 14. The topological polar surface area (TPSA) is 74.2 Å². The molecule has 0 amide bonds. The van der Waals surface area contributed by atoms with Crippen molar-refractivity contribution in [1.29, 1.82) is 0 Å². The van der Waals surface area contributed by atoms with E-state index in [1.165, 1.54) is 60.3 Å². The minimum absolute atomic E-state index is 0.325. The van der Waals surface area contributed by atoms with E-state index in [0.717, 1.165) is 38.3 Å². The lowest BCUT2D eigenvalue weighted by Gasteiger charge is -2.18. The highest BCUT2D eigenvalue weighted by atomic mass is 32.2. The van der Waals surface area contributed by atoms with Crippen molar-refractivity contribution in [1.82, 2.24) is 0 Å². The number of ether oxygens (including phenoxy) is 4. The van der Waals surface area contributed by atoms with Gasteiger partial charge in [-0.05, 0) is 95.3 Å². The highest BCUT2D eigenvalue weighted by Crippen LogP contribution is 2.36. The van der Waals surface area contributed by atoms with Gasteiger partial charge >= 0.3 is 18.7 Å². The van der Waals surface area contributed by atoms with Crippen LogP contribution in [-0.4, -0.2) is 42.8 Å². The summed E-state index contributed by atoms with van der Waals surface area (Å²) in [4.78, 5) is 11.8. The SMILES string of the molecule is CCOC(CSc1ccc(OCC(=O)O)c(C)c1)=C(c1ccc(-c2ccc(OC(F)(F)F)cc2)cc1)c1ccc(-c2ccc(OC(F)(F)F)cc2)cc1. The predicted octanol–water partition coefficient (Wildman–Crippen LogP) is 11.2. The summed E-state index contributed by atoms with van der Waals surface area (Å²) in [6, 6.07) is 31.5. The highest BCUT2D eigenvalue weighted by Gasteiger charge is 2.31. The van der Waals surface area contributed by atoms with Crippen LogP contribution in [0.2, 0.25) is 0 Å². The van der Waals surface area contributed by atoms with E-state index in [-0.39, 0.29) is 11.5 Å². The third-order valence-electron chi connectivity index (χ3n) is 7.65. The molecule has 6 nitrogen and oxygen atoms in total. The van der Waals surface area contributed by atoms with E-state index in [4.69, 9.17) is 14.6 Å². The molecular weight excluding hydrogens is 722 g/mol. The van der Waals surface area contributed by atoms with Crippen LogP contribution in [0, 0.1) is 6.92 Å². The smallest absolute Gasteiger partial charge is 0.497 e. The molecule has 0 unspecified atom stereocenters. The van der Waals surface area contributed by atoms with Gasteiger partial charge in [0.1, 0.15) is 23.0 Å². The Bertz CT molecular complexity index is 1920. The molecule has 13 heteroatoms. The average Bonchev–Trinajstić information content (AvgIpc) is 3.10. The van der Waals surface area contributed by atoms with Gasteiger partial charge in [0, 0.05) is 10.5 Å². The number of alkyl halides is 6. The normalized spacial score (nSPS) is 11.5. The molecule has 0 radical (unpaired) electrons. The minimum atomic E-state index is -4.80. The molecule has 0 fully saturated rings. The number of carbonyl (C=O) groups is 1. The van der Waals surface area contributed by atoms with Crippen molar-refractivity contribution in [2.75, 3.05) is 19.0 Å². The molecule has 0 spiro atoms. The molecule has 0 atom stereocenters. The fourth-order valence-corrected chi connectivity index (χ4v) is 6.32. The summed E-state index contributed by atoms with van der Waals surface area (Å²) in [5.41, 5.74) is 6.01. The van der Waals surface area contributed by atoms with Crippen LogP contribution in [0.3, 0.4) is 0 Å². The van der Waals surface area contributed by atoms with Crippen molar-refractivity contribution in [3.63, 3.8) is 0 Å². The molecule has 0 aliphatic carbocycles. The first kappa shape index (κ1) is 38.7. The van der Waals surface area contributed by atoms with Gasteiger partial charge in [0.25, 0.3) is 0 Å². The Morgan fingerprint density at radius 1 is 0.660 bits per heavy atom. The summed E-state index contributed by atoms with van der Waals surface area (Å²) in [5, 5.41) is 8.96. The molecule has 0 heterocycles. The second-order valence-corrected chi connectivity index (χ2v) is 12.5. The maximum absolute atomic E-state index is 12.7. The first-order valence-corrected chi connectivity index (χ1v) is 17.0. The maximum atomic E-state index is 12.7. The molecule has 0 bridgehead atoms. The maximum Gasteiger partial charge on any atom is 0.573 e. The number of carboxylic acid groups (broad SMARTS) is 1. The van der Waals surface area contributed by atoms with Crippen LogP contribution >= 0.6 is 11.8 Å². The lowest BCUT2D eigenvalue weighted by atomic mass is 9.93. The molecule has 1 N–H and O–H groups in total. The fraction of sp³-hybridized carbons (Fsp3) is 0.175. The number of thioether (sulfide) groups is 1. The molecule has 0 aliphatic heterocycles. The van der Waals surface area contributed by atoms with Crippen molar-refractivity contribution in [2.24, 2.45) is 0 Å². The first-order chi connectivity index (χ1) is 25.2. The number of benzene rings is 5. The van der Waals surface area contributed by atoms with Gasteiger partial charge in [-0.15, -0.1) is 38.1 Å². The van der Waals surface area contributed by atoms with Crippen LogP contribution in [0.5, 0.6) is 17.2 Å². The van der Waals surface area contributed by atoms with E-state index in [9.17, 15) is 31.1 Å². The van der Waals surface area contributed by atoms with Crippen LogP contribution in [0.4, 0.5) is 26.3 Å². The predicted molar refractivity (Wildman–Crippen MR) is 190 cm³/mol. The van der Waals surface area contributed by atoms with Gasteiger partial charge in [-0.1, -0.05) is 72.8 Å². The van der Waals surface area contributed by atoms with Crippen LogP contribution in [0.15, 0.2) is 126 Å². The van der Waals surface area contributed by atoms with Gasteiger partial charge in [-0.3, -0.25) is 0 Å². The van der Waals surface area contributed by atoms with Crippen LogP contribution in [-0.2, 0) is 9.53 Å². The zero-order chi connectivity index (χ0) is 38.2. The Morgan fingerprint density at radius 3 is 1.47 bits per heavy atom.